The molecule has 30 heavy (non-hydrogen) atoms. The highest BCUT2D eigenvalue weighted by Crippen LogP contribution is 2.23. The van der Waals surface area contributed by atoms with Crippen molar-refractivity contribution in [1.82, 2.24) is 10.2 Å². The van der Waals surface area contributed by atoms with Crippen molar-refractivity contribution in [2.75, 3.05) is 13.7 Å². The number of nitrogens with zero attached hydrogens (tertiary/aromatic N) is 1. The Balaban J connectivity index is 2.21. The fourth-order valence-electron chi connectivity index (χ4n) is 2.98. The minimum atomic E-state index is -0.623. The van der Waals surface area contributed by atoms with Crippen LogP contribution in [0.25, 0.3) is 0 Å². The van der Waals surface area contributed by atoms with Crippen LogP contribution in [-0.4, -0.2) is 36.4 Å². The third-order valence-electron chi connectivity index (χ3n) is 4.87. The zero-order chi connectivity index (χ0) is 22.1. The maximum Gasteiger partial charge on any atom is 0.242 e. The van der Waals surface area contributed by atoms with E-state index in [1.165, 1.54) is 0 Å². The van der Waals surface area contributed by atoms with Crippen molar-refractivity contribution in [2.24, 2.45) is 0 Å². The second-order valence-electron chi connectivity index (χ2n) is 7.10. The second kappa shape index (κ2) is 11.8. The van der Waals surface area contributed by atoms with Crippen LogP contribution in [0, 0.1) is 0 Å². The van der Waals surface area contributed by atoms with E-state index in [0.29, 0.717) is 28.7 Å². The Morgan fingerprint density at radius 1 is 1.13 bits per heavy atom. The lowest BCUT2D eigenvalue weighted by molar-refractivity contribution is -0.140. The monoisotopic (exact) mass is 450 g/mol. The van der Waals surface area contributed by atoms with Crippen molar-refractivity contribution >= 4 is 35.0 Å². The Morgan fingerprint density at radius 2 is 1.83 bits per heavy atom. The number of unbranched alkanes of at least 4 members (excludes halogenated alkanes) is 1. The molecule has 1 N–H and O–H groups in total. The number of carbonyl (C=O) groups excluding carboxylic acids is 2. The van der Waals surface area contributed by atoms with Gasteiger partial charge < -0.3 is 15.0 Å². The maximum atomic E-state index is 13.2. The highest BCUT2D eigenvalue weighted by Gasteiger charge is 2.26. The van der Waals surface area contributed by atoms with Gasteiger partial charge in [-0.05, 0) is 48.7 Å². The summed E-state index contributed by atoms with van der Waals surface area (Å²) in [7, 11) is 1.60. The van der Waals surface area contributed by atoms with Gasteiger partial charge in [-0.25, -0.2) is 0 Å². The number of benzene rings is 2. The summed E-state index contributed by atoms with van der Waals surface area (Å²) in [6, 6.07) is 11.9. The zero-order valence-electron chi connectivity index (χ0n) is 17.6. The van der Waals surface area contributed by atoms with Gasteiger partial charge in [-0.3, -0.25) is 9.59 Å². The molecule has 0 bridgehead atoms. The molecule has 162 valence electrons. The van der Waals surface area contributed by atoms with Crippen molar-refractivity contribution in [1.29, 1.82) is 0 Å². The molecule has 0 spiro atoms. The number of halogens is 2. The first kappa shape index (κ1) is 24.0. The molecule has 0 heterocycles. The van der Waals surface area contributed by atoms with E-state index in [9.17, 15) is 9.59 Å². The summed E-state index contributed by atoms with van der Waals surface area (Å²) >= 11 is 12.2. The number of methoxy groups -OCH3 is 1. The van der Waals surface area contributed by atoms with E-state index in [2.05, 4.69) is 12.2 Å². The van der Waals surface area contributed by atoms with Gasteiger partial charge in [-0.1, -0.05) is 54.7 Å². The smallest absolute Gasteiger partial charge is 0.242 e. The summed E-state index contributed by atoms with van der Waals surface area (Å²) in [5, 5.41) is 3.85. The van der Waals surface area contributed by atoms with Gasteiger partial charge in [0.15, 0.2) is 0 Å². The molecule has 0 aromatic heterocycles. The van der Waals surface area contributed by atoms with E-state index < -0.39 is 6.04 Å². The SMILES string of the molecule is CCCCNC(=O)C(C)N(Cc1ccc(OC)cc1)C(=O)Cc1ccc(Cl)cc1Cl. The molecule has 1 unspecified atom stereocenters. The van der Waals surface area contributed by atoms with Gasteiger partial charge >= 0.3 is 0 Å². The molecule has 0 fully saturated rings. The van der Waals surface area contributed by atoms with Crippen molar-refractivity contribution in [3.05, 3.63) is 63.6 Å². The van der Waals surface area contributed by atoms with E-state index in [4.69, 9.17) is 27.9 Å². The number of carbonyl (C=O) groups is 2. The summed E-state index contributed by atoms with van der Waals surface area (Å²) < 4.78 is 5.19. The number of hydrogen-bond acceptors (Lipinski definition) is 3. The van der Waals surface area contributed by atoms with Gasteiger partial charge in [-0.15, -0.1) is 0 Å². The van der Waals surface area contributed by atoms with Crippen molar-refractivity contribution < 1.29 is 14.3 Å². The number of hydrogen-bond donors (Lipinski definition) is 1. The summed E-state index contributed by atoms with van der Waals surface area (Å²) in [4.78, 5) is 27.4. The van der Waals surface area contributed by atoms with Crippen LogP contribution in [0.1, 0.15) is 37.8 Å². The number of ether oxygens (including phenoxy) is 1. The molecule has 0 saturated carbocycles. The molecule has 0 aliphatic rings. The first-order valence-electron chi connectivity index (χ1n) is 9.99. The summed E-state index contributed by atoms with van der Waals surface area (Å²) in [5.41, 5.74) is 1.57. The van der Waals surface area contributed by atoms with Crippen molar-refractivity contribution in [2.45, 2.75) is 45.7 Å². The molecule has 2 aromatic carbocycles. The van der Waals surface area contributed by atoms with E-state index in [1.54, 1.807) is 37.1 Å². The third-order valence-corrected chi connectivity index (χ3v) is 5.45. The maximum absolute atomic E-state index is 13.2. The molecule has 2 aromatic rings. The van der Waals surface area contributed by atoms with Gasteiger partial charge in [0.25, 0.3) is 0 Å². The molecule has 5 nitrogen and oxygen atoms in total. The topological polar surface area (TPSA) is 58.6 Å². The normalized spacial score (nSPS) is 11.6. The standard InChI is InChI=1S/C23H28Cl2N2O3/c1-4-5-12-26-23(29)16(2)27(15-17-6-10-20(30-3)11-7-17)22(28)13-18-8-9-19(24)14-21(18)25/h6-11,14,16H,4-5,12-13,15H2,1-3H3,(H,26,29). The molecular weight excluding hydrogens is 423 g/mol. The Kier molecular flexibility index (Phi) is 9.47. The van der Waals surface area contributed by atoms with Crippen LogP contribution in [0.2, 0.25) is 10.0 Å². The fraction of sp³-hybridized carbons (Fsp3) is 0.391. The lowest BCUT2D eigenvalue weighted by atomic mass is 10.1. The van der Waals surface area contributed by atoms with Gasteiger partial charge in [0.2, 0.25) is 11.8 Å². The molecule has 7 heteroatoms. The summed E-state index contributed by atoms with van der Waals surface area (Å²) in [6.45, 7) is 4.70. The highest BCUT2D eigenvalue weighted by molar-refractivity contribution is 6.35. The van der Waals surface area contributed by atoms with E-state index >= 15 is 0 Å². The Morgan fingerprint density at radius 3 is 2.43 bits per heavy atom. The number of amides is 2. The summed E-state index contributed by atoms with van der Waals surface area (Å²) in [6.07, 6.45) is 1.96. The van der Waals surface area contributed by atoms with Crippen LogP contribution >= 0.6 is 23.2 Å². The molecular formula is C23H28Cl2N2O3. The summed E-state index contributed by atoms with van der Waals surface area (Å²) in [5.74, 6) is 0.371. The molecule has 0 aliphatic carbocycles. The fourth-order valence-corrected chi connectivity index (χ4v) is 3.45. The predicted octanol–water partition coefficient (Wildman–Crippen LogP) is 4.88. The molecule has 0 radical (unpaired) electrons. The lowest BCUT2D eigenvalue weighted by Gasteiger charge is -2.29. The quantitative estimate of drug-likeness (QED) is 0.524. The average molecular weight is 451 g/mol. The minimum Gasteiger partial charge on any atom is -0.497 e. The minimum absolute atomic E-state index is 0.0821. The first-order chi connectivity index (χ1) is 14.3. The average Bonchev–Trinajstić information content (AvgIpc) is 2.74. The Labute approximate surface area is 188 Å². The van der Waals surface area contributed by atoms with E-state index in [1.807, 2.05) is 24.3 Å². The molecule has 0 saturated heterocycles. The largest absolute Gasteiger partial charge is 0.497 e. The zero-order valence-corrected chi connectivity index (χ0v) is 19.1. The van der Waals surface area contributed by atoms with Gasteiger partial charge in [0.05, 0.1) is 13.5 Å². The van der Waals surface area contributed by atoms with Crippen molar-refractivity contribution in [3.8, 4) is 5.75 Å². The second-order valence-corrected chi connectivity index (χ2v) is 7.95. The van der Waals surface area contributed by atoms with E-state index in [0.717, 1.165) is 24.2 Å². The van der Waals surface area contributed by atoms with Gasteiger partial charge in [0.1, 0.15) is 11.8 Å². The van der Waals surface area contributed by atoms with Gasteiger partial charge in [-0.2, -0.15) is 0 Å². The molecule has 2 amide bonds. The Bertz CT molecular complexity index is 856. The van der Waals surface area contributed by atoms with Crippen LogP contribution in [0.3, 0.4) is 0 Å². The van der Waals surface area contributed by atoms with Crippen molar-refractivity contribution in [3.63, 3.8) is 0 Å². The predicted molar refractivity (Wildman–Crippen MR) is 121 cm³/mol. The van der Waals surface area contributed by atoms with Crippen LogP contribution < -0.4 is 10.1 Å². The number of rotatable bonds is 10. The van der Waals surface area contributed by atoms with Crippen LogP contribution in [-0.2, 0) is 22.6 Å². The lowest BCUT2D eigenvalue weighted by Crippen LogP contribution is -2.48. The van der Waals surface area contributed by atoms with Crippen LogP contribution in [0.4, 0.5) is 0 Å². The van der Waals surface area contributed by atoms with E-state index in [-0.39, 0.29) is 18.2 Å². The Hall–Kier alpha value is -2.24. The number of nitrogens with one attached hydrogen (secondary N) is 1. The molecule has 0 aliphatic heterocycles. The molecule has 1 atom stereocenters. The van der Waals surface area contributed by atoms with Crippen LogP contribution in [0.5, 0.6) is 5.75 Å². The van der Waals surface area contributed by atoms with Crippen LogP contribution in [0.15, 0.2) is 42.5 Å². The molecule has 2 rings (SSSR count). The third kappa shape index (κ3) is 6.92. The first-order valence-corrected chi connectivity index (χ1v) is 10.7. The highest BCUT2D eigenvalue weighted by atomic mass is 35.5. The van der Waals surface area contributed by atoms with Gasteiger partial charge in [0, 0.05) is 23.1 Å².